The van der Waals surface area contributed by atoms with Crippen LogP contribution in [-0.4, -0.2) is 13.3 Å². The first-order chi connectivity index (χ1) is 22.8. The highest BCUT2D eigenvalue weighted by Gasteiger charge is 2.43. The van der Waals surface area contributed by atoms with Crippen LogP contribution in [0.3, 0.4) is 0 Å². The summed E-state index contributed by atoms with van der Waals surface area (Å²) in [6, 6.07) is 48.1. The van der Waals surface area contributed by atoms with E-state index in [0.29, 0.717) is 5.92 Å². The molecule has 2 nitrogen and oxygen atoms in total. The number of fused-ring (bicyclic) bond motifs is 5. The van der Waals surface area contributed by atoms with Crippen molar-refractivity contribution in [2.75, 3.05) is 16.3 Å². The minimum absolute atomic E-state index is 0.220. The molecule has 224 valence electrons. The van der Waals surface area contributed by atoms with E-state index in [1.807, 2.05) is 0 Å². The molecule has 3 aliphatic rings. The maximum absolute atomic E-state index is 2.63. The summed E-state index contributed by atoms with van der Waals surface area (Å²) in [4.78, 5) is 5.20. The predicted octanol–water partition coefficient (Wildman–Crippen LogP) is 9.72. The van der Waals surface area contributed by atoms with E-state index in [-0.39, 0.29) is 6.71 Å². The first kappa shape index (κ1) is 27.5. The smallest absolute Gasteiger partial charge is 0.252 e. The molecule has 0 amide bonds. The maximum Gasteiger partial charge on any atom is 0.252 e. The standard InChI is InChI=1S/C43H39BN2/c1-2-27-45-39-21-10-8-19-37(39)44-38-20-9-11-22-40(38)46(42-29-33(28-41(45)43(42)44)30-13-4-3-5-14-30)34-25-23-32(24-26-34)36-18-12-16-31-15-6-7-17-35(31)36/h6-12,15-26,28-30H,2-5,13-14,27H2,1H3. The van der Waals surface area contributed by atoms with E-state index >= 15 is 0 Å². The largest absolute Gasteiger partial charge is 0.342 e. The molecule has 0 aromatic heterocycles. The molecule has 9 rings (SSSR count). The van der Waals surface area contributed by atoms with E-state index in [2.05, 4.69) is 144 Å². The van der Waals surface area contributed by atoms with Crippen molar-refractivity contribution in [1.29, 1.82) is 0 Å². The molecule has 46 heavy (non-hydrogen) atoms. The van der Waals surface area contributed by atoms with E-state index in [4.69, 9.17) is 0 Å². The SMILES string of the molecule is CCCN1c2ccccc2B2c3ccccc3N(c3ccc(-c4cccc5ccccc45)cc3)c3cc(C4CCCCC4)cc1c32. The van der Waals surface area contributed by atoms with Gasteiger partial charge in [0.15, 0.2) is 0 Å². The fourth-order valence-corrected chi connectivity index (χ4v) is 8.68. The Hall–Kier alpha value is -4.76. The van der Waals surface area contributed by atoms with Gasteiger partial charge >= 0.3 is 0 Å². The summed E-state index contributed by atoms with van der Waals surface area (Å²) in [7, 11) is 0. The van der Waals surface area contributed by atoms with Gasteiger partial charge in [-0.2, -0.15) is 0 Å². The van der Waals surface area contributed by atoms with E-state index < -0.39 is 0 Å². The van der Waals surface area contributed by atoms with Crippen LogP contribution in [0.4, 0.5) is 28.4 Å². The van der Waals surface area contributed by atoms with Crippen molar-refractivity contribution in [3.63, 3.8) is 0 Å². The van der Waals surface area contributed by atoms with Gasteiger partial charge < -0.3 is 9.80 Å². The molecular formula is C43H39BN2. The monoisotopic (exact) mass is 594 g/mol. The van der Waals surface area contributed by atoms with Crippen molar-refractivity contribution in [2.45, 2.75) is 51.4 Å². The second-order valence-corrected chi connectivity index (χ2v) is 13.4. The number of hydrogen-bond donors (Lipinski definition) is 0. The van der Waals surface area contributed by atoms with Crippen LogP contribution < -0.4 is 26.2 Å². The highest BCUT2D eigenvalue weighted by Crippen LogP contribution is 2.45. The Labute approximate surface area is 273 Å². The van der Waals surface area contributed by atoms with Crippen LogP contribution in [0.15, 0.2) is 127 Å². The summed E-state index contributed by atoms with van der Waals surface area (Å²) in [6.45, 7) is 3.55. The van der Waals surface area contributed by atoms with Gasteiger partial charge in [-0.3, -0.25) is 0 Å². The van der Waals surface area contributed by atoms with Gasteiger partial charge in [-0.1, -0.05) is 117 Å². The van der Waals surface area contributed by atoms with Crippen LogP contribution in [0.2, 0.25) is 0 Å². The van der Waals surface area contributed by atoms with E-state index in [9.17, 15) is 0 Å². The number of nitrogens with zero attached hydrogens (tertiary/aromatic N) is 2. The zero-order valence-corrected chi connectivity index (χ0v) is 26.6. The van der Waals surface area contributed by atoms with E-state index in [0.717, 1.165) is 13.0 Å². The van der Waals surface area contributed by atoms with Gasteiger partial charge in [-0.15, -0.1) is 0 Å². The summed E-state index contributed by atoms with van der Waals surface area (Å²) in [5, 5.41) is 2.58. The average Bonchev–Trinajstić information content (AvgIpc) is 3.13. The summed E-state index contributed by atoms with van der Waals surface area (Å²) >= 11 is 0. The molecular weight excluding hydrogens is 555 g/mol. The average molecular weight is 595 g/mol. The molecule has 3 heteroatoms. The molecule has 0 N–H and O–H groups in total. The summed E-state index contributed by atoms with van der Waals surface area (Å²) in [6.07, 6.45) is 7.74. The number of hydrogen-bond acceptors (Lipinski definition) is 2. The normalized spacial score (nSPS) is 15.5. The molecule has 1 fully saturated rings. The third-order valence-corrected chi connectivity index (χ3v) is 10.8. The van der Waals surface area contributed by atoms with E-state index in [1.54, 1.807) is 0 Å². The Morgan fingerprint density at radius 3 is 2.11 bits per heavy atom. The van der Waals surface area contributed by atoms with Crippen LogP contribution in [0.5, 0.6) is 0 Å². The molecule has 0 bridgehead atoms. The van der Waals surface area contributed by atoms with Crippen LogP contribution in [-0.2, 0) is 0 Å². The molecule has 0 unspecified atom stereocenters. The lowest BCUT2D eigenvalue weighted by molar-refractivity contribution is 0.444. The zero-order chi connectivity index (χ0) is 30.6. The van der Waals surface area contributed by atoms with Gasteiger partial charge in [-0.05, 0) is 105 Å². The van der Waals surface area contributed by atoms with E-state index in [1.165, 1.54) is 104 Å². The zero-order valence-electron chi connectivity index (χ0n) is 26.6. The summed E-state index contributed by atoms with van der Waals surface area (Å²) in [5.74, 6) is 0.627. The van der Waals surface area contributed by atoms with Gasteiger partial charge in [0, 0.05) is 35.0 Å². The Bertz CT molecular complexity index is 2070. The minimum Gasteiger partial charge on any atom is -0.342 e. The molecule has 0 radical (unpaired) electrons. The Kier molecular flexibility index (Phi) is 6.73. The fraction of sp³-hybridized carbons (Fsp3) is 0.209. The molecule has 1 saturated carbocycles. The highest BCUT2D eigenvalue weighted by atomic mass is 15.2. The highest BCUT2D eigenvalue weighted by molar-refractivity contribution is 7.00. The lowest BCUT2D eigenvalue weighted by Gasteiger charge is -2.45. The lowest BCUT2D eigenvalue weighted by Crippen LogP contribution is -2.62. The second-order valence-electron chi connectivity index (χ2n) is 13.4. The minimum atomic E-state index is 0.220. The third-order valence-electron chi connectivity index (χ3n) is 10.8. The summed E-state index contributed by atoms with van der Waals surface area (Å²) < 4.78 is 0. The molecule has 0 saturated heterocycles. The maximum atomic E-state index is 2.63. The van der Waals surface area contributed by atoms with Crippen molar-refractivity contribution in [1.82, 2.24) is 0 Å². The number of benzene rings is 6. The predicted molar refractivity (Wildman–Crippen MR) is 198 cm³/mol. The van der Waals surface area contributed by atoms with Gasteiger partial charge in [0.1, 0.15) is 0 Å². The summed E-state index contributed by atoms with van der Waals surface area (Å²) in [5.41, 5.74) is 15.0. The Morgan fingerprint density at radius 1 is 0.630 bits per heavy atom. The van der Waals surface area contributed by atoms with Crippen LogP contribution >= 0.6 is 0 Å². The number of para-hydroxylation sites is 2. The quantitative estimate of drug-likeness (QED) is 0.183. The van der Waals surface area contributed by atoms with Crippen LogP contribution in [0, 0.1) is 0 Å². The topological polar surface area (TPSA) is 6.48 Å². The first-order valence-electron chi connectivity index (χ1n) is 17.3. The Morgan fingerprint density at radius 2 is 1.30 bits per heavy atom. The van der Waals surface area contributed by atoms with Crippen LogP contribution in [0.1, 0.15) is 56.9 Å². The van der Waals surface area contributed by atoms with Crippen LogP contribution in [0.25, 0.3) is 21.9 Å². The van der Waals surface area contributed by atoms with Gasteiger partial charge in [-0.25, -0.2) is 0 Å². The molecule has 6 aromatic rings. The Balaban J connectivity index is 1.26. The van der Waals surface area contributed by atoms with Crippen molar-refractivity contribution in [3.8, 4) is 11.1 Å². The molecule has 2 aliphatic heterocycles. The third kappa shape index (κ3) is 4.32. The van der Waals surface area contributed by atoms with Crippen molar-refractivity contribution < 1.29 is 0 Å². The molecule has 0 spiro atoms. The second kappa shape index (κ2) is 11.2. The van der Waals surface area contributed by atoms with Crippen molar-refractivity contribution in [2.24, 2.45) is 0 Å². The molecule has 6 aromatic carbocycles. The fourth-order valence-electron chi connectivity index (χ4n) is 8.68. The van der Waals surface area contributed by atoms with Gasteiger partial charge in [0.25, 0.3) is 6.71 Å². The number of anilines is 5. The molecule has 0 atom stereocenters. The number of rotatable bonds is 5. The van der Waals surface area contributed by atoms with Gasteiger partial charge in [0.2, 0.25) is 0 Å². The molecule has 1 aliphatic carbocycles. The van der Waals surface area contributed by atoms with Gasteiger partial charge in [0.05, 0.1) is 0 Å². The first-order valence-corrected chi connectivity index (χ1v) is 17.3. The lowest BCUT2D eigenvalue weighted by atomic mass is 9.33. The molecule has 2 heterocycles. The van der Waals surface area contributed by atoms with Crippen molar-refractivity contribution >= 4 is 62.3 Å². The van der Waals surface area contributed by atoms with Crippen molar-refractivity contribution in [3.05, 3.63) is 133 Å².